The van der Waals surface area contributed by atoms with Crippen LogP contribution < -0.4 is 0 Å². The Kier molecular flexibility index (Phi) is 5.11. The van der Waals surface area contributed by atoms with Crippen LogP contribution in [0.5, 0.6) is 0 Å². The van der Waals surface area contributed by atoms with E-state index < -0.39 is 11.7 Å². The number of hydrogen-bond donors (Lipinski definition) is 0. The second-order valence-electron chi connectivity index (χ2n) is 4.87. The molecule has 1 aromatic carbocycles. The zero-order valence-corrected chi connectivity index (χ0v) is 11.7. The molecule has 20 heavy (non-hydrogen) atoms. The normalized spacial score (nSPS) is 19.6. The van der Waals surface area contributed by atoms with E-state index in [9.17, 15) is 14.4 Å². The minimum atomic E-state index is -0.940. The number of nitriles is 1. The van der Waals surface area contributed by atoms with Crippen LogP contribution in [0.25, 0.3) is 0 Å². The van der Waals surface area contributed by atoms with Crippen LogP contribution in [0.1, 0.15) is 37.2 Å². The molecule has 0 N–H and O–H groups in total. The summed E-state index contributed by atoms with van der Waals surface area (Å²) in [4.78, 5) is 12.1. The first-order valence-corrected chi connectivity index (χ1v) is 6.98. The third kappa shape index (κ3) is 3.56. The molecule has 0 aliphatic carbocycles. The molecule has 0 amide bonds. The lowest BCUT2D eigenvalue weighted by molar-refractivity contribution is -0.120. The van der Waals surface area contributed by atoms with Crippen molar-refractivity contribution in [2.24, 2.45) is 0 Å². The molecule has 0 bridgehead atoms. The Morgan fingerprint density at radius 2 is 2.40 bits per heavy atom. The van der Waals surface area contributed by atoms with Gasteiger partial charge in [-0.1, -0.05) is 17.7 Å². The van der Waals surface area contributed by atoms with Gasteiger partial charge in [-0.15, -0.1) is 0 Å². The van der Waals surface area contributed by atoms with Gasteiger partial charge in [0.25, 0.3) is 0 Å². The van der Waals surface area contributed by atoms with Crippen LogP contribution in [-0.2, 0) is 9.53 Å². The number of ether oxygens (including phenoxy) is 1. The summed E-state index contributed by atoms with van der Waals surface area (Å²) in [5, 5.41) is 9.29. The first-order chi connectivity index (χ1) is 9.61. The summed E-state index contributed by atoms with van der Waals surface area (Å²) < 4.78 is 18.5. The van der Waals surface area contributed by atoms with E-state index in [4.69, 9.17) is 16.3 Å². The fraction of sp³-hybridized carbons (Fsp3) is 0.467. The second kappa shape index (κ2) is 6.83. The van der Waals surface area contributed by atoms with Gasteiger partial charge in [0.1, 0.15) is 11.7 Å². The smallest absolute Gasteiger partial charge is 0.154 e. The minimum Gasteiger partial charge on any atom is -0.378 e. The summed E-state index contributed by atoms with van der Waals surface area (Å²) in [6.07, 6.45) is 2.99. The van der Waals surface area contributed by atoms with Crippen molar-refractivity contribution in [3.63, 3.8) is 0 Å². The highest BCUT2D eigenvalue weighted by Crippen LogP contribution is 2.28. The summed E-state index contributed by atoms with van der Waals surface area (Å²) in [5.41, 5.74) is 0.368. The van der Waals surface area contributed by atoms with Gasteiger partial charge in [-0.05, 0) is 37.0 Å². The number of nitrogens with zero attached hydrogens (tertiary/aromatic N) is 1. The second-order valence-corrected chi connectivity index (χ2v) is 5.28. The van der Waals surface area contributed by atoms with Gasteiger partial charge in [0.2, 0.25) is 0 Å². The Morgan fingerprint density at radius 3 is 3.00 bits per heavy atom. The van der Waals surface area contributed by atoms with Gasteiger partial charge >= 0.3 is 0 Å². The fourth-order valence-corrected chi connectivity index (χ4v) is 2.65. The molecular weight excluding hydrogens is 281 g/mol. The molecule has 106 valence electrons. The molecule has 5 heteroatoms. The third-order valence-corrected chi connectivity index (χ3v) is 3.79. The fourth-order valence-electron chi connectivity index (χ4n) is 2.37. The van der Waals surface area contributed by atoms with Crippen molar-refractivity contribution in [3.8, 4) is 6.07 Å². The summed E-state index contributed by atoms with van der Waals surface area (Å²) in [5.74, 6) is -1.62. The molecule has 2 rings (SSSR count). The minimum absolute atomic E-state index is 0.113. The lowest BCUT2D eigenvalue weighted by Crippen LogP contribution is -2.15. The van der Waals surface area contributed by atoms with Crippen LogP contribution in [0.4, 0.5) is 4.39 Å². The Hall–Kier alpha value is -1.44. The number of benzene rings is 1. The average molecular weight is 296 g/mol. The van der Waals surface area contributed by atoms with Gasteiger partial charge in [0.15, 0.2) is 5.78 Å². The SMILES string of the molecule is N#CC(C(=O)CCC1CCCO1)c1ccc(F)cc1Cl. The molecule has 0 spiro atoms. The van der Waals surface area contributed by atoms with E-state index in [1.54, 1.807) is 0 Å². The highest BCUT2D eigenvalue weighted by atomic mass is 35.5. The lowest BCUT2D eigenvalue weighted by Gasteiger charge is -2.12. The number of hydrogen-bond acceptors (Lipinski definition) is 3. The zero-order valence-electron chi connectivity index (χ0n) is 10.9. The first kappa shape index (κ1) is 15.0. The quantitative estimate of drug-likeness (QED) is 0.833. The highest BCUT2D eigenvalue weighted by Gasteiger charge is 2.24. The maximum Gasteiger partial charge on any atom is 0.154 e. The van der Waals surface area contributed by atoms with Crippen LogP contribution in [0.3, 0.4) is 0 Å². The molecule has 1 saturated heterocycles. The zero-order chi connectivity index (χ0) is 14.5. The van der Waals surface area contributed by atoms with Crippen LogP contribution >= 0.6 is 11.6 Å². The molecule has 1 aliphatic rings. The predicted octanol–water partition coefficient (Wildman–Crippen LogP) is 3.61. The number of rotatable bonds is 5. The van der Waals surface area contributed by atoms with Gasteiger partial charge in [0.05, 0.1) is 12.2 Å². The number of halogens is 2. The molecule has 1 aromatic rings. The van der Waals surface area contributed by atoms with Crippen LogP contribution in [0.15, 0.2) is 18.2 Å². The van der Waals surface area contributed by atoms with Gasteiger partial charge in [-0.25, -0.2) is 4.39 Å². The van der Waals surface area contributed by atoms with E-state index >= 15 is 0 Å². The van der Waals surface area contributed by atoms with Gasteiger partial charge in [-0.3, -0.25) is 4.79 Å². The van der Waals surface area contributed by atoms with E-state index in [0.717, 1.165) is 25.5 Å². The topological polar surface area (TPSA) is 50.1 Å². The Labute approximate surface area is 122 Å². The van der Waals surface area contributed by atoms with Gasteiger partial charge in [0, 0.05) is 18.1 Å². The molecule has 0 saturated carbocycles. The maximum atomic E-state index is 13.0. The molecular formula is C15H15ClFNO2. The summed E-state index contributed by atoms with van der Waals surface area (Å²) in [7, 11) is 0. The van der Waals surface area contributed by atoms with Gasteiger partial charge < -0.3 is 4.74 Å². The molecule has 1 heterocycles. The van der Waals surface area contributed by atoms with Crippen LogP contribution in [0.2, 0.25) is 5.02 Å². The molecule has 2 atom stereocenters. The maximum absolute atomic E-state index is 13.0. The number of carbonyl (C=O) groups excluding carboxylic acids is 1. The van der Waals surface area contributed by atoms with E-state index in [-0.39, 0.29) is 23.3 Å². The Morgan fingerprint density at radius 1 is 1.60 bits per heavy atom. The van der Waals surface area contributed by atoms with Crippen molar-refractivity contribution in [2.45, 2.75) is 37.7 Å². The van der Waals surface area contributed by atoms with E-state index in [1.807, 2.05) is 6.07 Å². The molecule has 0 aromatic heterocycles. The van der Waals surface area contributed by atoms with Crippen LogP contribution in [0, 0.1) is 17.1 Å². The van der Waals surface area contributed by atoms with Crippen molar-refractivity contribution in [1.82, 2.24) is 0 Å². The van der Waals surface area contributed by atoms with Crippen molar-refractivity contribution in [2.75, 3.05) is 6.61 Å². The van der Waals surface area contributed by atoms with E-state index in [0.29, 0.717) is 12.0 Å². The summed E-state index contributed by atoms with van der Waals surface area (Å²) >= 11 is 5.91. The van der Waals surface area contributed by atoms with Crippen LogP contribution in [-0.4, -0.2) is 18.5 Å². The Bertz CT molecular complexity index is 535. The molecule has 3 nitrogen and oxygen atoms in total. The van der Waals surface area contributed by atoms with Gasteiger partial charge in [-0.2, -0.15) is 5.26 Å². The lowest BCUT2D eigenvalue weighted by atomic mass is 9.92. The van der Waals surface area contributed by atoms with Crippen molar-refractivity contribution >= 4 is 17.4 Å². The molecule has 1 fully saturated rings. The monoisotopic (exact) mass is 295 g/mol. The summed E-state index contributed by atoms with van der Waals surface area (Å²) in [6, 6.07) is 5.68. The Balaban J connectivity index is 2.03. The van der Waals surface area contributed by atoms with Crippen molar-refractivity contribution < 1.29 is 13.9 Å². The third-order valence-electron chi connectivity index (χ3n) is 3.46. The highest BCUT2D eigenvalue weighted by molar-refractivity contribution is 6.31. The largest absolute Gasteiger partial charge is 0.378 e. The van der Waals surface area contributed by atoms with Crippen molar-refractivity contribution in [3.05, 3.63) is 34.6 Å². The average Bonchev–Trinajstić information content (AvgIpc) is 2.93. The number of carbonyl (C=O) groups is 1. The van der Waals surface area contributed by atoms with E-state index in [1.165, 1.54) is 12.1 Å². The number of ketones is 1. The first-order valence-electron chi connectivity index (χ1n) is 6.60. The molecule has 2 unspecified atom stereocenters. The standard InChI is InChI=1S/C15H15ClFNO2/c16-14-8-10(17)3-5-12(14)13(9-18)15(19)6-4-11-2-1-7-20-11/h3,5,8,11,13H,1-2,4,6-7H2. The van der Waals surface area contributed by atoms with E-state index in [2.05, 4.69) is 0 Å². The number of Topliss-reactive ketones (excluding diaryl/α,β-unsaturated/α-hetero) is 1. The predicted molar refractivity (Wildman–Crippen MR) is 73.0 cm³/mol. The molecule has 0 radical (unpaired) electrons. The molecule has 1 aliphatic heterocycles. The summed E-state index contributed by atoms with van der Waals surface area (Å²) in [6.45, 7) is 0.740. The van der Waals surface area contributed by atoms with Crippen molar-refractivity contribution in [1.29, 1.82) is 5.26 Å².